The van der Waals surface area contributed by atoms with Gasteiger partial charge in [0, 0.05) is 13.3 Å². The third-order valence-corrected chi connectivity index (χ3v) is 1.72. The molecule has 3 heteroatoms. The molecule has 0 spiro atoms. The molecule has 0 amide bonds. The van der Waals surface area contributed by atoms with Gasteiger partial charge in [-0.15, -0.1) is 0 Å². The minimum absolute atomic E-state index is 0.0896. The van der Waals surface area contributed by atoms with Crippen LogP contribution in [0.5, 0.6) is 0 Å². The lowest BCUT2D eigenvalue weighted by Crippen LogP contribution is -2.28. The van der Waals surface area contributed by atoms with Gasteiger partial charge in [-0.05, 0) is 5.92 Å². The first-order valence-electron chi connectivity index (χ1n) is 4.22. The maximum absolute atomic E-state index is 8.76. The Hall–Kier alpha value is -0.700. The molecule has 1 unspecified atom stereocenters. The molecule has 70 valence electrons. The normalized spacial score (nSPS) is 28.2. The molecule has 1 aliphatic heterocycles. The van der Waals surface area contributed by atoms with Gasteiger partial charge in [0.15, 0.2) is 5.76 Å². The van der Waals surface area contributed by atoms with Crippen molar-refractivity contribution in [2.45, 2.75) is 33.0 Å². The SMILES string of the molecule is CC(C)CC1(C)OC=C(CO)O1. The molecule has 1 N–H and O–H groups in total. The molecule has 1 atom stereocenters. The summed E-state index contributed by atoms with van der Waals surface area (Å²) in [5, 5.41) is 8.76. The Morgan fingerprint density at radius 3 is 2.67 bits per heavy atom. The van der Waals surface area contributed by atoms with E-state index < -0.39 is 5.79 Å². The third-order valence-electron chi connectivity index (χ3n) is 1.72. The van der Waals surface area contributed by atoms with E-state index in [0.717, 1.165) is 6.42 Å². The van der Waals surface area contributed by atoms with Crippen molar-refractivity contribution in [3.63, 3.8) is 0 Å². The van der Waals surface area contributed by atoms with Gasteiger partial charge in [-0.2, -0.15) is 0 Å². The van der Waals surface area contributed by atoms with Crippen LogP contribution in [-0.4, -0.2) is 17.5 Å². The lowest BCUT2D eigenvalue weighted by atomic mass is 10.0. The maximum atomic E-state index is 8.76. The first-order chi connectivity index (χ1) is 5.56. The van der Waals surface area contributed by atoms with Crippen molar-refractivity contribution in [3.05, 3.63) is 12.0 Å². The number of hydrogen-bond donors (Lipinski definition) is 1. The van der Waals surface area contributed by atoms with E-state index in [1.807, 2.05) is 6.92 Å². The molecule has 0 saturated heterocycles. The predicted molar refractivity (Wildman–Crippen MR) is 45.2 cm³/mol. The highest BCUT2D eigenvalue weighted by molar-refractivity contribution is 4.96. The number of aliphatic hydroxyl groups is 1. The van der Waals surface area contributed by atoms with Gasteiger partial charge >= 0.3 is 0 Å². The second kappa shape index (κ2) is 3.35. The van der Waals surface area contributed by atoms with Crippen LogP contribution >= 0.6 is 0 Å². The Morgan fingerprint density at radius 2 is 2.25 bits per heavy atom. The zero-order valence-electron chi connectivity index (χ0n) is 7.83. The van der Waals surface area contributed by atoms with E-state index in [4.69, 9.17) is 14.6 Å². The van der Waals surface area contributed by atoms with Crippen molar-refractivity contribution in [1.29, 1.82) is 0 Å². The van der Waals surface area contributed by atoms with Crippen LogP contribution in [0.2, 0.25) is 0 Å². The van der Waals surface area contributed by atoms with Gasteiger partial charge in [0.1, 0.15) is 12.9 Å². The monoisotopic (exact) mass is 172 g/mol. The van der Waals surface area contributed by atoms with Crippen molar-refractivity contribution in [3.8, 4) is 0 Å². The molecule has 0 saturated carbocycles. The van der Waals surface area contributed by atoms with Gasteiger partial charge in [-0.25, -0.2) is 0 Å². The average molecular weight is 172 g/mol. The predicted octanol–water partition coefficient (Wildman–Crippen LogP) is 1.63. The zero-order valence-corrected chi connectivity index (χ0v) is 7.83. The van der Waals surface area contributed by atoms with Gasteiger partial charge in [-0.1, -0.05) is 13.8 Å². The third kappa shape index (κ3) is 2.14. The minimum Gasteiger partial charge on any atom is -0.457 e. The average Bonchev–Trinajstić information content (AvgIpc) is 2.30. The van der Waals surface area contributed by atoms with Gasteiger partial charge in [0.25, 0.3) is 0 Å². The van der Waals surface area contributed by atoms with Crippen LogP contribution in [0.15, 0.2) is 12.0 Å². The van der Waals surface area contributed by atoms with Crippen molar-refractivity contribution in [1.82, 2.24) is 0 Å². The van der Waals surface area contributed by atoms with Crippen LogP contribution in [0.1, 0.15) is 27.2 Å². The minimum atomic E-state index is -0.563. The van der Waals surface area contributed by atoms with Gasteiger partial charge in [-0.3, -0.25) is 0 Å². The summed E-state index contributed by atoms with van der Waals surface area (Å²) in [6.45, 7) is 6.00. The van der Waals surface area contributed by atoms with Crippen LogP contribution in [0.25, 0.3) is 0 Å². The summed E-state index contributed by atoms with van der Waals surface area (Å²) in [5.41, 5.74) is 0. The molecule has 0 fully saturated rings. The molecule has 0 aromatic carbocycles. The van der Waals surface area contributed by atoms with Crippen LogP contribution in [0, 0.1) is 5.92 Å². The molecular weight excluding hydrogens is 156 g/mol. The fraction of sp³-hybridized carbons (Fsp3) is 0.778. The summed E-state index contributed by atoms with van der Waals surface area (Å²) < 4.78 is 10.7. The second-order valence-electron chi connectivity index (χ2n) is 3.69. The molecule has 0 bridgehead atoms. The highest BCUT2D eigenvalue weighted by Gasteiger charge is 2.33. The first-order valence-corrected chi connectivity index (χ1v) is 4.22. The number of hydrogen-bond acceptors (Lipinski definition) is 3. The summed E-state index contributed by atoms with van der Waals surface area (Å²) >= 11 is 0. The van der Waals surface area contributed by atoms with Crippen molar-refractivity contribution < 1.29 is 14.6 Å². The number of rotatable bonds is 3. The van der Waals surface area contributed by atoms with Gasteiger partial charge in [0.2, 0.25) is 5.79 Å². The van der Waals surface area contributed by atoms with Crippen LogP contribution in [0.3, 0.4) is 0 Å². The Balaban J connectivity index is 2.46. The molecule has 0 radical (unpaired) electrons. The lowest BCUT2D eigenvalue weighted by Gasteiger charge is -2.25. The zero-order chi connectivity index (χ0) is 9.19. The van der Waals surface area contributed by atoms with Crippen LogP contribution in [0.4, 0.5) is 0 Å². The second-order valence-corrected chi connectivity index (χ2v) is 3.69. The molecule has 1 aliphatic rings. The standard InChI is InChI=1S/C9H16O3/c1-7(2)4-9(3)11-6-8(5-10)12-9/h6-7,10H,4-5H2,1-3H3. The Kier molecular flexibility index (Phi) is 2.62. The molecule has 0 aromatic rings. The van der Waals surface area contributed by atoms with Crippen molar-refractivity contribution >= 4 is 0 Å². The quantitative estimate of drug-likeness (QED) is 0.703. The molecular formula is C9H16O3. The van der Waals surface area contributed by atoms with E-state index in [1.54, 1.807) is 0 Å². The van der Waals surface area contributed by atoms with Crippen molar-refractivity contribution in [2.75, 3.05) is 6.61 Å². The molecule has 1 heterocycles. The largest absolute Gasteiger partial charge is 0.457 e. The van der Waals surface area contributed by atoms with Crippen LogP contribution in [-0.2, 0) is 9.47 Å². The Bertz CT molecular complexity index is 186. The van der Waals surface area contributed by atoms with Gasteiger partial charge < -0.3 is 14.6 Å². The maximum Gasteiger partial charge on any atom is 0.247 e. The summed E-state index contributed by atoms with van der Waals surface area (Å²) in [6, 6.07) is 0. The summed E-state index contributed by atoms with van der Waals surface area (Å²) in [6.07, 6.45) is 2.31. The molecule has 1 rings (SSSR count). The van der Waals surface area contributed by atoms with Crippen molar-refractivity contribution in [2.24, 2.45) is 5.92 Å². The highest BCUT2D eigenvalue weighted by Crippen LogP contribution is 2.30. The van der Waals surface area contributed by atoms with E-state index in [0.29, 0.717) is 11.7 Å². The van der Waals surface area contributed by atoms with E-state index >= 15 is 0 Å². The number of aliphatic hydroxyl groups excluding tert-OH is 1. The van der Waals surface area contributed by atoms with Crippen LogP contribution < -0.4 is 0 Å². The Labute approximate surface area is 73.0 Å². The fourth-order valence-corrected chi connectivity index (χ4v) is 1.42. The first kappa shape index (κ1) is 9.39. The lowest BCUT2D eigenvalue weighted by molar-refractivity contribution is -0.147. The molecule has 0 aliphatic carbocycles. The molecule has 0 aromatic heterocycles. The van der Waals surface area contributed by atoms with E-state index in [9.17, 15) is 0 Å². The summed E-state index contributed by atoms with van der Waals surface area (Å²) in [4.78, 5) is 0. The van der Waals surface area contributed by atoms with E-state index in [1.165, 1.54) is 6.26 Å². The summed E-state index contributed by atoms with van der Waals surface area (Å²) in [7, 11) is 0. The number of ether oxygens (including phenoxy) is 2. The smallest absolute Gasteiger partial charge is 0.247 e. The topological polar surface area (TPSA) is 38.7 Å². The Morgan fingerprint density at radius 1 is 1.58 bits per heavy atom. The molecule has 12 heavy (non-hydrogen) atoms. The molecule has 3 nitrogen and oxygen atoms in total. The van der Waals surface area contributed by atoms with Gasteiger partial charge in [0.05, 0.1) is 0 Å². The fourth-order valence-electron chi connectivity index (χ4n) is 1.42. The van der Waals surface area contributed by atoms with E-state index in [-0.39, 0.29) is 6.61 Å². The highest BCUT2D eigenvalue weighted by atomic mass is 16.7. The van der Waals surface area contributed by atoms with E-state index in [2.05, 4.69) is 13.8 Å². The summed E-state index contributed by atoms with van der Waals surface area (Å²) in [5.74, 6) is 0.464.